The Balaban J connectivity index is 0. The van der Waals surface area contributed by atoms with Crippen LogP contribution in [0, 0.1) is 5.41 Å². The lowest BCUT2D eigenvalue weighted by Crippen LogP contribution is -2.34. The zero-order valence-corrected chi connectivity index (χ0v) is 13.1. The van der Waals surface area contributed by atoms with E-state index in [1.165, 1.54) is 13.5 Å². The van der Waals surface area contributed by atoms with Crippen molar-refractivity contribution in [1.29, 1.82) is 0 Å². The fraction of sp³-hybridized carbons (Fsp3) is 0.857. The van der Waals surface area contributed by atoms with Crippen LogP contribution >= 0.6 is 0 Å². The van der Waals surface area contributed by atoms with Gasteiger partial charge in [-0.25, -0.2) is 4.79 Å². The van der Waals surface area contributed by atoms with Crippen molar-refractivity contribution in [3.8, 4) is 0 Å². The first-order chi connectivity index (χ1) is 9.00. The minimum absolute atomic E-state index is 0.185. The van der Waals surface area contributed by atoms with Gasteiger partial charge in [0.05, 0.1) is 25.7 Å². The maximum atomic E-state index is 11.4. The van der Waals surface area contributed by atoms with Crippen LogP contribution in [0.3, 0.4) is 0 Å². The Morgan fingerprint density at radius 2 is 1.58 bits per heavy atom. The molecule has 0 N–H and O–H groups in total. The summed E-state index contributed by atoms with van der Waals surface area (Å²) in [6.45, 7) is 10.4. The number of esters is 1. The third kappa shape index (κ3) is 8.46. The van der Waals surface area contributed by atoms with Crippen molar-refractivity contribution in [2.24, 2.45) is 5.41 Å². The number of hydrogen-bond acceptors (Lipinski definition) is 5. The zero-order chi connectivity index (χ0) is 15.3. The topological polar surface area (TPSA) is 61.8 Å². The summed E-state index contributed by atoms with van der Waals surface area (Å²) in [6.07, 6.45) is 1.51. The Kier molecular flexibility index (Phi) is 12.5. The Morgan fingerprint density at radius 1 is 1.21 bits per heavy atom. The molecule has 1 saturated heterocycles. The van der Waals surface area contributed by atoms with Crippen molar-refractivity contribution in [3.63, 3.8) is 0 Å². The van der Waals surface area contributed by atoms with E-state index < -0.39 is 11.6 Å². The predicted octanol–water partition coefficient (Wildman–Crippen LogP) is 3.56. The molecule has 1 fully saturated rings. The standard InChI is InChI=1S/C9H14O5.C3H8.C2H6/c1-9(7(10)12-2)3-5-13-8(11)14-6-4-9;1-3-2;1-2/h3-6H2,1-2H3;3H2,1-2H3;1-2H3. The predicted molar refractivity (Wildman–Crippen MR) is 74.0 cm³/mol. The molecule has 1 heterocycles. The molecule has 1 aliphatic heterocycles. The van der Waals surface area contributed by atoms with Gasteiger partial charge in [0.15, 0.2) is 0 Å². The number of carbonyl (C=O) groups excluding carboxylic acids is 2. The van der Waals surface area contributed by atoms with Gasteiger partial charge in [0.25, 0.3) is 0 Å². The number of cyclic esters (lactones) is 2. The van der Waals surface area contributed by atoms with Crippen molar-refractivity contribution in [1.82, 2.24) is 0 Å². The van der Waals surface area contributed by atoms with Crippen LogP contribution in [0.25, 0.3) is 0 Å². The quantitative estimate of drug-likeness (QED) is 0.685. The number of ether oxygens (including phenoxy) is 3. The fourth-order valence-electron chi connectivity index (χ4n) is 1.34. The van der Waals surface area contributed by atoms with Gasteiger partial charge in [-0.1, -0.05) is 34.1 Å². The van der Waals surface area contributed by atoms with Crippen molar-refractivity contribution < 1.29 is 23.8 Å². The lowest BCUT2D eigenvalue weighted by Gasteiger charge is -2.27. The minimum Gasteiger partial charge on any atom is -0.469 e. The summed E-state index contributed by atoms with van der Waals surface area (Å²) >= 11 is 0. The summed E-state index contributed by atoms with van der Waals surface area (Å²) in [7, 11) is 1.35. The summed E-state index contributed by atoms with van der Waals surface area (Å²) in [6, 6.07) is 0. The lowest BCUT2D eigenvalue weighted by molar-refractivity contribution is -0.154. The minimum atomic E-state index is -0.670. The lowest BCUT2D eigenvalue weighted by atomic mass is 9.84. The van der Waals surface area contributed by atoms with Gasteiger partial charge in [-0.05, 0) is 19.8 Å². The van der Waals surface area contributed by atoms with Crippen LogP contribution in [0.2, 0.25) is 0 Å². The Morgan fingerprint density at radius 3 is 1.89 bits per heavy atom. The molecule has 0 unspecified atom stereocenters. The van der Waals surface area contributed by atoms with Gasteiger partial charge < -0.3 is 14.2 Å². The van der Waals surface area contributed by atoms with E-state index in [2.05, 4.69) is 18.6 Å². The third-order valence-electron chi connectivity index (χ3n) is 2.43. The molecule has 114 valence electrons. The van der Waals surface area contributed by atoms with E-state index in [9.17, 15) is 9.59 Å². The summed E-state index contributed by atoms with van der Waals surface area (Å²) in [4.78, 5) is 22.1. The largest absolute Gasteiger partial charge is 0.508 e. The summed E-state index contributed by atoms with van der Waals surface area (Å²) in [5.41, 5.74) is -0.616. The van der Waals surface area contributed by atoms with E-state index in [1.807, 2.05) is 13.8 Å². The highest BCUT2D eigenvalue weighted by atomic mass is 16.7. The van der Waals surface area contributed by atoms with Crippen LogP contribution in [0.4, 0.5) is 4.79 Å². The Labute approximate surface area is 116 Å². The first-order valence-corrected chi connectivity index (χ1v) is 6.88. The second kappa shape index (κ2) is 11.8. The maximum absolute atomic E-state index is 11.4. The summed E-state index contributed by atoms with van der Waals surface area (Å²) in [5, 5.41) is 0. The number of carbonyl (C=O) groups is 2. The van der Waals surface area contributed by atoms with Gasteiger partial charge >= 0.3 is 12.1 Å². The van der Waals surface area contributed by atoms with Crippen molar-refractivity contribution in [2.45, 2.75) is 53.9 Å². The van der Waals surface area contributed by atoms with E-state index in [4.69, 9.17) is 9.47 Å². The molecule has 1 rings (SSSR count). The molecule has 0 aliphatic carbocycles. The highest BCUT2D eigenvalue weighted by Crippen LogP contribution is 2.29. The monoisotopic (exact) mass is 276 g/mol. The van der Waals surface area contributed by atoms with Crippen LogP contribution in [0.15, 0.2) is 0 Å². The second-order valence-electron chi connectivity index (χ2n) is 4.21. The molecular weight excluding hydrogens is 248 g/mol. The molecule has 0 bridgehead atoms. The normalized spacial score (nSPS) is 16.8. The molecule has 0 radical (unpaired) electrons. The van der Waals surface area contributed by atoms with Crippen molar-refractivity contribution >= 4 is 12.1 Å². The average molecular weight is 276 g/mol. The van der Waals surface area contributed by atoms with Crippen LogP contribution in [0.1, 0.15) is 53.9 Å². The highest BCUT2D eigenvalue weighted by Gasteiger charge is 2.35. The Hall–Kier alpha value is -1.26. The molecule has 1 aliphatic rings. The van der Waals surface area contributed by atoms with Crippen LogP contribution in [-0.4, -0.2) is 32.4 Å². The molecule has 0 atom stereocenters. The number of hydrogen-bond donors (Lipinski definition) is 0. The molecule has 0 aromatic rings. The smallest absolute Gasteiger partial charge is 0.469 e. The molecule has 0 spiro atoms. The second-order valence-corrected chi connectivity index (χ2v) is 4.21. The van der Waals surface area contributed by atoms with Crippen LogP contribution in [-0.2, 0) is 19.0 Å². The van der Waals surface area contributed by atoms with Crippen molar-refractivity contribution in [2.75, 3.05) is 20.3 Å². The summed E-state index contributed by atoms with van der Waals surface area (Å²) < 4.78 is 14.1. The molecule has 0 aromatic heterocycles. The first-order valence-electron chi connectivity index (χ1n) is 6.88. The van der Waals surface area contributed by atoms with E-state index in [1.54, 1.807) is 6.92 Å². The van der Waals surface area contributed by atoms with E-state index in [0.717, 1.165) is 0 Å². The van der Waals surface area contributed by atoms with Crippen LogP contribution in [0.5, 0.6) is 0 Å². The van der Waals surface area contributed by atoms with Gasteiger partial charge in [-0.3, -0.25) is 4.79 Å². The number of rotatable bonds is 1. The van der Waals surface area contributed by atoms with Crippen molar-refractivity contribution in [3.05, 3.63) is 0 Å². The molecule has 5 heteroatoms. The Bertz CT molecular complexity index is 238. The van der Waals surface area contributed by atoms with Crippen LogP contribution < -0.4 is 0 Å². The SMILES string of the molecule is CC.CCC.COC(=O)C1(C)CCOC(=O)OCC1. The average Bonchev–Trinajstić information content (AvgIpc) is 2.39. The maximum Gasteiger partial charge on any atom is 0.508 e. The highest BCUT2D eigenvalue weighted by molar-refractivity contribution is 5.76. The molecule has 0 amide bonds. The van der Waals surface area contributed by atoms with E-state index in [-0.39, 0.29) is 19.2 Å². The van der Waals surface area contributed by atoms with Gasteiger partial charge in [-0.2, -0.15) is 0 Å². The number of methoxy groups -OCH3 is 1. The first kappa shape index (κ1) is 20.1. The zero-order valence-electron chi connectivity index (χ0n) is 13.1. The van der Waals surface area contributed by atoms with Gasteiger partial charge in [-0.15, -0.1) is 0 Å². The van der Waals surface area contributed by atoms with E-state index >= 15 is 0 Å². The van der Waals surface area contributed by atoms with E-state index in [0.29, 0.717) is 12.8 Å². The third-order valence-corrected chi connectivity index (χ3v) is 2.43. The van der Waals surface area contributed by atoms with Gasteiger partial charge in [0.1, 0.15) is 0 Å². The fourth-order valence-corrected chi connectivity index (χ4v) is 1.34. The van der Waals surface area contributed by atoms with Gasteiger partial charge in [0, 0.05) is 0 Å². The molecular formula is C14H28O5. The molecule has 5 nitrogen and oxygen atoms in total. The molecule has 0 saturated carbocycles. The van der Waals surface area contributed by atoms with Gasteiger partial charge in [0.2, 0.25) is 0 Å². The molecule has 19 heavy (non-hydrogen) atoms. The molecule has 0 aromatic carbocycles. The summed E-state index contributed by atoms with van der Waals surface area (Å²) in [5.74, 6) is -0.293.